The minimum Gasteiger partial charge on any atom is -0.497 e. The van der Waals surface area contributed by atoms with Gasteiger partial charge in [-0.05, 0) is 42.7 Å². The fourth-order valence-corrected chi connectivity index (χ4v) is 3.22. The van der Waals surface area contributed by atoms with Gasteiger partial charge in [0, 0.05) is 12.6 Å². The zero-order chi connectivity index (χ0) is 19.4. The quantitative estimate of drug-likeness (QED) is 0.733. The summed E-state index contributed by atoms with van der Waals surface area (Å²) in [7, 11) is 1.65. The third-order valence-electron chi connectivity index (χ3n) is 4.96. The number of nitrogens with one attached hydrogen (secondary N) is 3. The zero-order valence-corrected chi connectivity index (χ0v) is 15.7. The molecular formula is C21H24N4O2. The first kappa shape index (κ1) is 18.7. The molecule has 1 aliphatic heterocycles. The highest BCUT2D eigenvalue weighted by molar-refractivity contribution is 6.04. The number of fused-ring (bicyclic) bond motifs is 1. The SMILES string of the molecule is COc1ccc([C@@H](C)CN[C@H](C)[C@@H]2Nc3c(C#N)cccc3NC2=O)cc1. The molecule has 2 aromatic rings. The fourth-order valence-electron chi connectivity index (χ4n) is 3.22. The maximum atomic E-state index is 12.5. The molecule has 6 nitrogen and oxygen atoms in total. The summed E-state index contributed by atoms with van der Waals surface area (Å²) in [6.45, 7) is 4.84. The second-order valence-corrected chi connectivity index (χ2v) is 6.82. The van der Waals surface area contributed by atoms with Gasteiger partial charge in [-0.25, -0.2) is 0 Å². The molecule has 0 aromatic heterocycles. The highest BCUT2D eigenvalue weighted by atomic mass is 16.5. The maximum Gasteiger partial charge on any atom is 0.248 e. The van der Waals surface area contributed by atoms with E-state index >= 15 is 0 Å². The molecule has 0 saturated carbocycles. The molecule has 3 atom stereocenters. The summed E-state index contributed by atoms with van der Waals surface area (Å²) in [5.41, 5.74) is 3.06. The molecule has 6 heteroatoms. The van der Waals surface area contributed by atoms with Crippen LogP contribution in [0.25, 0.3) is 0 Å². The van der Waals surface area contributed by atoms with E-state index in [4.69, 9.17) is 4.74 Å². The van der Waals surface area contributed by atoms with E-state index in [9.17, 15) is 10.1 Å². The Morgan fingerprint density at radius 2 is 1.96 bits per heavy atom. The number of nitrogens with zero attached hydrogens (tertiary/aromatic N) is 1. The first-order valence-electron chi connectivity index (χ1n) is 9.01. The molecule has 1 heterocycles. The third-order valence-corrected chi connectivity index (χ3v) is 4.96. The Bertz CT molecular complexity index is 857. The van der Waals surface area contributed by atoms with Gasteiger partial charge < -0.3 is 20.7 Å². The van der Waals surface area contributed by atoms with Gasteiger partial charge in [0.05, 0.1) is 24.0 Å². The van der Waals surface area contributed by atoms with Gasteiger partial charge in [0.2, 0.25) is 5.91 Å². The second kappa shape index (κ2) is 8.11. The van der Waals surface area contributed by atoms with Gasteiger partial charge in [0.15, 0.2) is 0 Å². The number of amides is 1. The van der Waals surface area contributed by atoms with E-state index in [1.54, 1.807) is 25.3 Å². The van der Waals surface area contributed by atoms with Crippen molar-refractivity contribution in [2.45, 2.75) is 31.8 Å². The normalized spacial score (nSPS) is 17.7. The number of anilines is 2. The number of ether oxygens (including phenoxy) is 1. The summed E-state index contributed by atoms with van der Waals surface area (Å²) >= 11 is 0. The van der Waals surface area contributed by atoms with Crippen LogP contribution >= 0.6 is 0 Å². The number of rotatable bonds is 6. The number of hydrogen-bond donors (Lipinski definition) is 3. The van der Waals surface area contributed by atoms with Crippen LogP contribution in [0.4, 0.5) is 11.4 Å². The van der Waals surface area contributed by atoms with Crippen molar-refractivity contribution in [3.8, 4) is 11.8 Å². The first-order chi connectivity index (χ1) is 13.0. The molecule has 1 aliphatic rings. The lowest BCUT2D eigenvalue weighted by Crippen LogP contribution is -2.52. The largest absolute Gasteiger partial charge is 0.497 e. The summed E-state index contributed by atoms with van der Waals surface area (Å²) in [6.07, 6.45) is 0. The Kier molecular flexibility index (Phi) is 5.63. The first-order valence-corrected chi connectivity index (χ1v) is 9.01. The van der Waals surface area contributed by atoms with Crippen molar-refractivity contribution in [2.75, 3.05) is 24.3 Å². The van der Waals surface area contributed by atoms with E-state index in [2.05, 4.69) is 41.1 Å². The molecule has 140 valence electrons. The summed E-state index contributed by atoms with van der Waals surface area (Å²) < 4.78 is 5.19. The number of benzene rings is 2. The summed E-state index contributed by atoms with van der Waals surface area (Å²) in [4.78, 5) is 12.5. The Morgan fingerprint density at radius 1 is 1.22 bits per heavy atom. The molecule has 0 spiro atoms. The van der Waals surface area contributed by atoms with Crippen molar-refractivity contribution < 1.29 is 9.53 Å². The average Bonchev–Trinajstić information content (AvgIpc) is 2.70. The van der Waals surface area contributed by atoms with E-state index in [1.807, 2.05) is 19.1 Å². The van der Waals surface area contributed by atoms with Crippen molar-refractivity contribution >= 4 is 17.3 Å². The van der Waals surface area contributed by atoms with Gasteiger partial charge >= 0.3 is 0 Å². The molecule has 3 N–H and O–H groups in total. The molecular weight excluding hydrogens is 340 g/mol. The molecule has 0 aliphatic carbocycles. The minimum absolute atomic E-state index is 0.102. The number of nitriles is 1. The van der Waals surface area contributed by atoms with E-state index in [1.165, 1.54) is 5.56 Å². The van der Waals surface area contributed by atoms with Crippen molar-refractivity contribution in [1.82, 2.24) is 5.32 Å². The second-order valence-electron chi connectivity index (χ2n) is 6.82. The lowest BCUT2D eigenvalue weighted by atomic mass is 9.99. The standard InChI is InChI=1S/C21H24N4O2/c1-13(15-7-9-17(27-3)10-8-15)12-23-14(2)19-21(26)24-18-6-4-5-16(11-22)20(18)25-19/h4-10,13-14,19,23,25H,12H2,1-3H3,(H,24,26)/t13-,14+,19-/m0/s1. The van der Waals surface area contributed by atoms with Crippen LogP contribution in [0.1, 0.15) is 30.9 Å². The molecule has 0 fully saturated rings. The van der Waals surface area contributed by atoms with Crippen molar-refractivity contribution in [1.29, 1.82) is 5.26 Å². The van der Waals surface area contributed by atoms with E-state index in [-0.39, 0.29) is 17.9 Å². The molecule has 0 radical (unpaired) electrons. The molecule has 0 saturated heterocycles. The minimum atomic E-state index is -0.449. The monoisotopic (exact) mass is 364 g/mol. The topological polar surface area (TPSA) is 86.2 Å². The van der Waals surface area contributed by atoms with Crippen LogP contribution in [0.3, 0.4) is 0 Å². The third kappa shape index (κ3) is 4.04. The van der Waals surface area contributed by atoms with Gasteiger partial charge in [-0.3, -0.25) is 4.79 Å². The van der Waals surface area contributed by atoms with Crippen molar-refractivity contribution in [2.24, 2.45) is 0 Å². The zero-order valence-electron chi connectivity index (χ0n) is 15.7. The van der Waals surface area contributed by atoms with Gasteiger partial charge in [0.25, 0.3) is 0 Å². The number of hydrogen-bond acceptors (Lipinski definition) is 5. The van der Waals surface area contributed by atoms with Crippen molar-refractivity contribution in [3.05, 3.63) is 53.6 Å². The molecule has 1 amide bonds. The molecule has 2 aromatic carbocycles. The lowest BCUT2D eigenvalue weighted by Gasteiger charge is -2.32. The molecule has 0 bridgehead atoms. The van der Waals surface area contributed by atoms with E-state index in [0.29, 0.717) is 16.9 Å². The maximum absolute atomic E-state index is 12.5. The molecule has 3 rings (SSSR count). The Morgan fingerprint density at radius 3 is 2.63 bits per heavy atom. The molecule has 0 unspecified atom stereocenters. The summed E-state index contributed by atoms with van der Waals surface area (Å²) in [5, 5.41) is 18.9. The van der Waals surface area contributed by atoms with Crippen LogP contribution in [-0.4, -0.2) is 31.6 Å². The van der Waals surface area contributed by atoms with Crippen LogP contribution < -0.4 is 20.7 Å². The Labute approximate surface area is 159 Å². The Balaban J connectivity index is 1.64. The number of para-hydroxylation sites is 1. The van der Waals surface area contributed by atoms with Gasteiger partial charge in [-0.15, -0.1) is 0 Å². The van der Waals surface area contributed by atoms with Crippen LogP contribution in [-0.2, 0) is 4.79 Å². The number of carbonyl (C=O) groups excluding carboxylic acids is 1. The highest BCUT2D eigenvalue weighted by Gasteiger charge is 2.31. The number of carbonyl (C=O) groups is 1. The molecule has 27 heavy (non-hydrogen) atoms. The van der Waals surface area contributed by atoms with Crippen LogP contribution in [0.15, 0.2) is 42.5 Å². The Hall–Kier alpha value is -3.04. The van der Waals surface area contributed by atoms with Gasteiger partial charge in [-0.2, -0.15) is 5.26 Å². The number of methoxy groups -OCH3 is 1. The predicted molar refractivity (Wildman–Crippen MR) is 106 cm³/mol. The fraction of sp³-hybridized carbons (Fsp3) is 0.333. The van der Waals surface area contributed by atoms with Crippen LogP contribution in [0, 0.1) is 11.3 Å². The summed E-state index contributed by atoms with van der Waals surface area (Å²) in [5.74, 6) is 1.02. The predicted octanol–water partition coefficient (Wildman–Crippen LogP) is 3.08. The van der Waals surface area contributed by atoms with Gasteiger partial charge in [0.1, 0.15) is 17.9 Å². The van der Waals surface area contributed by atoms with Crippen molar-refractivity contribution in [3.63, 3.8) is 0 Å². The van der Waals surface area contributed by atoms with Gasteiger partial charge in [-0.1, -0.05) is 25.1 Å². The van der Waals surface area contributed by atoms with E-state index < -0.39 is 6.04 Å². The average molecular weight is 364 g/mol. The van der Waals surface area contributed by atoms with E-state index in [0.717, 1.165) is 12.3 Å². The smallest absolute Gasteiger partial charge is 0.248 e. The lowest BCUT2D eigenvalue weighted by molar-refractivity contribution is -0.117. The van der Waals surface area contributed by atoms with Crippen LogP contribution in [0.5, 0.6) is 5.75 Å². The summed E-state index contributed by atoms with van der Waals surface area (Å²) in [6, 6.07) is 14.9. The highest BCUT2D eigenvalue weighted by Crippen LogP contribution is 2.30. The van der Waals surface area contributed by atoms with Crippen LogP contribution in [0.2, 0.25) is 0 Å².